The topological polar surface area (TPSA) is 67.4 Å². The van der Waals surface area contributed by atoms with Crippen molar-refractivity contribution in [2.24, 2.45) is 0 Å². The second kappa shape index (κ2) is 15.7. The lowest BCUT2D eigenvalue weighted by atomic mass is 9.93. The summed E-state index contributed by atoms with van der Waals surface area (Å²) in [5.74, 6) is 0.523. The minimum atomic E-state index is -0.693. The zero-order valence-electron chi connectivity index (χ0n) is 20.4. The molecule has 0 spiro atoms. The van der Waals surface area contributed by atoms with Crippen LogP contribution in [0.15, 0.2) is 18.2 Å². The first-order chi connectivity index (χ1) is 14.9. The Labute approximate surface area is 189 Å². The molecule has 0 aliphatic carbocycles. The molecular weight excluding hydrogens is 388 g/mol. The van der Waals surface area contributed by atoms with Gasteiger partial charge in [0.2, 0.25) is 0 Å². The first kappa shape index (κ1) is 27.0. The van der Waals surface area contributed by atoms with Crippen molar-refractivity contribution >= 4 is 17.8 Å². The van der Waals surface area contributed by atoms with E-state index < -0.39 is 12.1 Å². The monoisotopic (exact) mass is 432 g/mol. The molecule has 0 atom stereocenters. The van der Waals surface area contributed by atoms with E-state index in [2.05, 4.69) is 45.3 Å². The number of imide groups is 1. The number of hydrogen-bond donors (Lipinski definition) is 2. The van der Waals surface area contributed by atoms with Crippen molar-refractivity contribution in [2.45, 2.75) is 111 Å². The van der Waals surface area contributed by atoms with Gasteiger partial charge in [-0.3, -0.25) is 0 Å². The molecule has 0 fully saturated rings. The molecule has 31 heavy (non-hydrogen) atoms. The molecule has 1 aromatic carbocycles. The number of hydrogen-bond acceptors (Lipinski definition) is 3. The van der Waals surface area contributed by atoms with Crippen molar-refractivity contribution in [3.63, 3.8) is 0 Å². The lowest BCUT2D eigenvalue weighted by molar-refractivity contribution is 0.146. The van der Waals surface area contributed by atoms with Gasteiger partial charge in [0.05, 0.1) is 6.61 Å². The van der Waals surface area contributed by atoms with Gasteiger partial charge < -0.3 is 10.1 Å². The summed E-state index contributed by atoms with van der Waals surface area (Å²) in [6.07, 6.45) is 11.6. The van der Waals surface area contributed by atoms with Gasteiger partial charge in [0, 0.05) is 5.69 Å². The molecular formula is C26H44N2O3. The number of carbonyl (C=O) groups excluding carboxylic acids is 2. The molecule has 0 aliphatic rings. The Hall–Kier alpha value is -2.04. The highest BCUT2D eigenvalue weighted by atomic mass is 16.5. The third-order valence-electron chi connectivity index (χ3n) is 5.56. The highest BCUT2D eigenvalue weighted by molar-refractivity contribution is 6.00. The van der Waals surface area contributed by atoms with Crippen LogP contribution in [0, 0.1) is 0 Å². The first-order valence-electron chi connectivity index (χ1n) is 12.2. The maximum absolute atomic E-state index is 12.4. The van der Waals surface area contributed by atoms with Crippen LogP contribution in [0.3, 0.4) is 0 Å². The van der Waals surface area contributed by atoms with Gasteiger partial charge in [0.25, 0.3) is 0 Å². The minimum absolute atomic E-state index is 0.261. The van der Waals surface area contributed by atoms with E-state index in [0.29, 0.717) is 6.61 Å². The van der Waals surface area contributed by atoms with Crippen LogP contribution < -0.4 is 10.6 Å². The fourth-order valence-electron chi connectivity index (χ4n) is 3.72. The third kappa shape index (κ3) is 11.2. The standard InChI is InChI=1S/C26H44N2O3/c1-6-7-8-9-10-11-12-13-14-15-19-31-26(30)28-25(29)27-24-22(20(2)3)17-16-18-23(24)21(4)5/h16-18,20-21H,6-15,19H2,1-5H3,(H2,27,28,29,30). The molecule has 2 N–H and O–H groups in total. The summed E-state index contributed by atoms with van der Waals surface area (Å²) in [5.41, 5.74) is 2.90. The molecule has 0 saturated heterocycles. The van der Waals surface area contributed by atoms with E-state index in [1.54, 1.807) is 0 Å². The number of anilines is 1. The van der Waals surface area contributed by atoms with Crippen molar-refractivity contribution in [3.05, 3.63) is 29.3 Å². The Morgan fingerprint density at radius 1 is 0.806 bits per heavy atom. The fraction of sp³-hybridized carbons (Fsp3) is 0.692. The average Bonchev–Trinajstić information content (AvgIpc) is 2.71. The number of ether oxygens (including phenoxy) is 1. The Morgan fingerprint density at radius 3 is 1.77 bits per heavy atom. The summed E-state index contributed by atoms with van der Waals surface area (Å²) < 4.78 is 5.17. The van der Waals surface area contributed by atoms with Gasteiger partial charge in [0.15, 0.2) is 0 Å². The summed E-state index contributed by atoms with van der Waals surface area (Å²) in [4.78, 5) is 24.3. The number of carbonyl (C=O) groups is 2. The van der Waals surface area contributed by atoms with Crippen molar-refractivity contribution in [1.82, 2.24) is 5.32 Å². The van der Waals surface area contributed by atoms with Crippen molar-refractivity contribution in [3.8, 4) is 0 Å². The molecule has 5 heteroatoms. The van der Waals surface area contributed by atoms with Gasteiger partial charge in [-0.05, 0) is 29.4 Å². The largest absolute Gasteiger partial charge is 0.449 e. The Morgan fingerprint density at radius 2 is 1.29 bits per heavy atom. The predicted molar refractivity (Wildman–Crippen MR) is 130 cm³/mol. The number of alkyl carbamates (subject to hydrolysis) is 1. The molecule has 0 aliphatic heterocycles. The normalized spacial score (nSPS) is 11.1. The van der Waals surface area contributed by atoms with Crippen LogP contribution in [0.1, 0.15) is 122 Å². The van der Waals surface area contributed by atoms with Crippen molar-refractivity contribution < 1.29 is 14.3 Å². The number of amides is 3. The fourth-order valence-corrected chi connectivity index (χ4v) is 3.72. The Kier molecular flexibility index (Phi) is 13.7. The Bertz CT molecular complexity index is 630. The summed E-state index contributed by atoms with van der Waals surface area (Å²) in [5, 5.41) is 5.15. The summed E-state index contributed by atoms with van der Waals surface area (Å²) in [6.45, 7) is 10.9. The van der Waals surface area contributed by atoms with E-state index >= 15 is 0 Å². The lowest BCUT2D eigenvalue weighted by Crippen LogP contribution is -2.35. The molecule has 176 valence electrons. The summed E-state index contributed by atoms with van der Waals surface area (Å²) in [7, 11) is 0. The molecule has 5 nitrogen and oxygen atoms in total. The highest BCUT2D eigenvalue weighted by Gasteiger charge is 2.17. The lowest BCUT2D eigenvalue weighted by Gasteiger charge is -2.20. The van der Waals surface area contributed by atoms with E-state index in [1.807, 2.05) is 18.2 Å². The maximum atomic E-state index is 12.4. The summed E-state index contributed by atoms with van der Waals surface area (Å²) in [6, 6.07) is 5.47. The van der Waals surface area contributed by atoms with E-state index in [-0.39, 0.29) is 11.8 Å². The second-order valence-corrected chi connectivity index (χ2v) is 9.02. The van der Waals surface area contributed by atoms with Gasteiger partial charge in [-0.15, -0.1) is 0 Å². The number of rotatable bonds is 14. The quantitative estimate of drug-likeness (QED) is 0.292. The van der Waals surface area contributed by atoms with Crippen LogP contribution >= 0.6 is 0 Å². The van der Waals surface area contributed by atoms with Gasteiger partial charge in [-0.25, -0.2) is 14.9 Å². The highest BCUT2D eigenvalue weighted by Crippen LogP contribution is 2.32. The van der Waals surface area contributed by atoms with Crippen LogP contribution in [-0.2, 0) is 4.74 Å². The van der Waals surface area contributed by atoms with Crippen LogP contribution in [0.5, 0.6) is 0 Å². The average molecular weight is 433 g/mol. The number of benzene rings is 1. The van der Waals surface area contributed by atoms with Crippen LogP contribution in [0.4, 0.5) is 15.3 Å². The van der Waals surface area contributed by atoms with Gasteiger partial charge in [-0.2, -0.15) is 0 Å². The molecule has 3 amide bonds. The van der Waals surface area contributed by atoms with E-state index in [1.165, 1.54) is 51.4 Å². The number of para-hydroxylation sites is 1. The van der Waals surface area contributed by atoms with Crippen LogP contribution in [-0.4, -0.2) is 18.7 Å². The number of nitrogens with one attached hydrogen (secondary N) is 2. The smallest absolute Gasteiger partial charge is 0.415 e. The molecule has 0 saturated carbocycles. The summed E-state index contributed by atoms with van der Waals surface area (Å²) >= 11 is 0. The zero-order valence-corrected chi connectivity index (χ0v) is 20.4. The maximum Gasteiger partial charge on any atom is 0.415 e. The zero-order chi connectivity index (χ0) is 23.1. The molecule has 0 unspecified atom stereocenters. The van der Waals surface area contributed by atoms with Crippen molar-refractivity contribution in [2.75, 3.05) is 11.9 Å². The van der Waals surface area contributed by atoms with Gasteiger partial charge in [-0.1, -0.05) is 111 Å². The van der Waals surface area contributed by atoms with E-state index in [4.69, 9.17) is 4.74 Å². The molecule has 1 aromatic rings. The second-order valence-electron chi connectivity index (χ2n) is 9.02. The number of urea groups is 1. The molecule has 0 bridgehead atoms. The predicted octanol–water partition coefficient (Wildman–Crippen LogP) is 8.11. The van der Waals surface area contributed by atoms with E-state index in [9.17, 15) is 9.59 Å². The van der Waals surface area contributed by atoms with Gasteiger partial charge >= 0.3 is 12.1 Å². The Balaban J connectivity index is 2.28. The van der Waals surface area contributed by atoms with Crippen LogP contribution in [0.2, 0.25) is 0 Å². The molecule has 1 rings (SSSR count). The molecule has 0 radical (unpaired) electrons. The molecule has 0 heterocycles. The third-order valence-corrected chi connectivity index (χ3v) is 5.56. The number of unbranched alkanes of at least 4 members (excludes halogenated alkanes) is 9. The molecule has 0 aromatic heterocycles. The SMILES string of the molecule is CCCCCCCCCCCCOC(=O)NC(=O)Nc1c(C(C)C)cccc1C(C)C. The van der Waals surface area contributed by atoms with Crippen LogP contribution in [0.25, 0.3) is 0 Å². The minimum Gasteiger partial charge on any atom is -0.449 e. The van der Waals surface area contributed by atoms with Crippen molar-refractivity contribution in [1.29, 1.82) is 0 Å². The van der Waals surface area contributed by atoms with E-state index in [0.717, 1.165) is 29.7 Å². The first-order valence-corrected chi connectivity index (χ1v) is 12.2. The van der Waals surface area contributed by atoms with Gasteiger partial charge in [0.1, 0.15) is 0 Å².